The number of nitrogens with one attached hydrogen (secondary N) is 1. The van der Waals surface area contributed by atoms with Crippen LogP contribution in [0.2, 0.25) is 0 Å². The summed E-state index contributed by atoms with van der Waals surface area (Å²) in [6.45, 7) is 9.96. The zero-order chi connectivity index (χ0) is 11.1. The monoisotopic (exact) mass is 201 g/mol. The molecule has 0 aromatic heterocycles. The van der Waals surface area contributed by atoms with Crippen LogP contribution in [0.15, 0.2) is 58.5 Å². The van der Waals surface area contributed by atoms with Gasteiger partial charge in [0.1, 0.15) is 0 Å². The van der Waals surface area contributed by atoms with E-state index < -0.39 is 0 Å². The van der Waals surface area contributed by atoms with Crippen LogP contribution in [0.25, 0.3) is 0 Å². The van der Waals surface area contributed by atoms with E-state index in [0.29, 0.717) is 0 Å². The van der Waals surface area contributed by atoms with Crippen LogP contribution in [-0.4, -0.2) is 19.0 Å². The van der Waals surface area contributed by atoms with Gasteiger partial charge in [-0.1, -0.05) is 6.58 Å². The predicted octanol–water partition coefficient (Wildman–Crippen LogP) is 2.22. The maximum atomic E-state index is 4.37. The topological polar surface area (TPSA) is 36.8 Å². The Bertz CT molecular complexity index is 370. The van der Waals surface area contributed by atoms with Crippen LogP contribution in [0.3, 0.4) is 0 Å². The molecule has 0 unspecified atom stereocenters. The molecule has 0 amide bonds. The molecular formula is C12H15N3. The zero-order valence-corrected chi connectivity index (χ0v) is 8.90. The first-order valence-corrected chi connectivity index (χ1v) is 4.78. The lowest BCUT2D eigenvalue weighted by Crippen LogP contribution is -2.10. The van der Waals surface area contributed by atoms with Crippen molar-refractivity contribution in [3.05, 3.63) is 48.5 Å². The van der Waals surface area contributed by atoms with Crippen molar-refractivity contribution in [3.63, 3.8) is 0 Å². The van der Waals surface area contributed by atoms with Crippen LogP contribution in [0.4, 0.5) is 0 Å². The van der Waals surface area contributed by atoms with E-state index in [9.17, 15) is 0 Å². The van der Waals surface area contributed by atoms with E-state index in [1.807, 2.05) is 31.4 Å². The van der Waals surface area contributed by atoms with Crippen LogP contribution in [0.5, 0.6) is 0 Å². The summed E-state index contributed by atoms with van der Waals surface area (Å²) in [5, 5.41) is 3.00. The molecule has 1 N–H and O–H groups in total. The van der Waals surface area contributed by atoms with Crippen molar-refractivity contribution in [2.24, 2.45) is 9.98 Å². The average molecular weight is 201 g/mol. The van der Waals surface area contributed by atoms with E-state index in [1.54, 1.807) is 6.20 Å². The molecule has 15 heavy (non-hydrogen) atoms. The third kappa shape index (κ3) is 3.38. The Hall–Kier alpha value is -1.90. The van der Waals surface area contributed by atoms with Crippen LogP contribution in [0, 0.1) is 0 Å². The summed E-state index contributed by atoms with van der Waals surface area (Å²) in [6, 6.07) is 0. The number of dihydropyridines is 1. The van der Waals surface area contributed by atoms with E-state index >= 15 is 0 Å². The summed E-state index contributed by atoms with van der Waals surface area (Å²) in [7, 11) is 0. The van der Waals surface area contributed by atoms with Gasteiger partial charge in [-0.25, -0.2) is 0 Å². The highest BCUT2D eigenvalue weighted by Crippen LogP contribution is 2.09. The lowest BCUT2D eigenvalue weighted by Gasteiger charge is -2.10. The highest BCUT2D eigenvalue weighted by Gasteiger charge is 2.03. The molecule has 0 aromatic rings. The second kappa shape index (κ2) is 5.75. The van der Waals surface area contributed by atoms with Gasteiger partial charge in [-0.05, 0) is 31.9 Å². The second-order valence-electron chi connectivity index (χ2n) is 2.96. The Kier molecular flexibility index (Phi) is 4.29. The van der Waals surface area contributed by atoms with Crippen molar-refractivity contribution >= 4 is 12.4 Å². The normalized spacial score (nSPS) is 16.5. The number of hydrogen-bond donors (Lipinski definition) is 1. The molecular weight excluding hydrogens is 186 g/mol. The molecule has 1 aliphatic rings. The van der Waals surface area contributed by atoms with Gasteiger partial charge < -0.3 is 5.32 Å². The third-order valence-corrected chi connectivity index (χ3v) is 1.82. The quantitative estimate of drug-likeness (QED) is 0.696. The summed E-state index contributed by atoms with van der Waals surface area (Å²) < 4.78 is 0. The molecule has 0 aliphatic carbocycles. The van der Waals surface area contributed by atoms with Gasteiger partial charge in [0, 0.05) is 30.2 Å². The molecule has 1 rings (SSSR count). The summed E-state index contributed by atoms with van der Waals surface area (Å²) in [6.07, 6.45) is 9.22. The van der Waals surface area contributed by atoms with E-state index in [2.05, 4.69) is 28.6 Å². The van der Waals surface area contributed by atoms with Crippen molar-refractivity contribution in [3.8, 4) is 0 Å². The van der Waals surface area contributed by atoms with Gasteiger partial charge in [-0.3, -0.25) is 9.98 Å². The lowest BCUT2D eigenvalue weighted by molar-refractivity contribution is 1.09. The maximum Gasteiger partial charge on any atom is 0.0663 e. The molecule has 0 bridgehead atoms. The minimum atomic E-state index is 0.738. The highest BCUT2D eigenvalue weighted by atomic mass is 14.8. The second-order valence-corrected chi connectivity index (χ2v) is 2.96. The Morgan fingerprint density at radius 2 is 2.40 bits per heavy atom. The third-order valence-electron chi connectivity index (χ3n) is 1.82. The van der Waals surface area contributed by atoms with Gasteiger partial charge in [0.25, 0.3) is 0 Å². The van der Waals surface area contributed by atoms with Crippen LogP contribution >= 0.6 is 0 Å². The van der Waals surface area contributed by atoms with Crippen LogP contribution < -0.4 is 5.32 Å². The SMILES string of the molecule is C=N/C=C\C(=N/CC)C1=CC(=C)NC=C1. The minimum absolute atomic E-state index is 0.738. The van der Waals surface area contributed by atoms with E-state index in [-0.39, 0.29) is 0 Å². The van der Waals surface area contributed by atoms with E-state index in [1.165, 1.54) is 0 Å². The van der Waals surface area contributed by atoms with Gasteiger partial charge in [-0.15, -0.1) is 0 Å². The zero-order valence-electron chi connectivity index (χ0n) is 8.90. The molecule has 1 heterocycles. The van der Waals surface area contributed by atoms with Crippen molar-refractivity contribution < 1.29 is 0 Å². The van der Waals surface area contributed by atoms with Crippen LogP contribution in [0.1, 0.15) is 6.92 Å². The number of allylic oxidation sites excluding steroid dienone is 4. The predicted molar refractivity (Wildman–Crippen MR) is 66.2 cm³/mol. The number of nitrogens with zero attached hydrogens (tertiary/aromatic N) is 2. The first-order chi connectivity index (χ1) is 7.27. The van der Waals surface area contributed by atoms with Gasteiger partial charge >= 0.3 is 0 Å². The molecule has 0 aromatic carbocycles. The molecule has 1 aliphatic heterocycles. The highest BCUT2D eigenvalue weighted by molar-refractivity contribution is 6.10. The van der Waals surface area contributed by atoms with Crippen LogP contribution in [-0.2, 0) is 0 Å². The average Bonchev–Trinajstić information content (AvgIpc) is 2.24. The first-order valence-electron chi connectivity index (χ1n) is 4.78. The molecule has 0 atom stereocenters. The standard InChI is InChI=1S/C12H15N3/c1-4-14-12(6-7-13-3)11-5-8-15-10(2)9-11/h5-9,15H,2-4H2,1H3/b7-6-,14-12+. The Morgan fingerprint density at radius 3 is 3.00 bits per heavy atom. The molecule has 0 radical (unpaired) electrons. The van der Waals surface area contributed by atoms with Gasteiger partial charge in [-0.2, -0.15) is 0 Å². The summed E-state index contributed by atoms with van der Waals surface area (Å²) >= 11 is 0. The Labute approximate surface area is 90.3 Å². The summed E-state index contributed by atoms with van der Waals surface area (Å²) in [4.78, 5) is 8.04. The Morgan fingerprint density at radius 1 is 1.60 bits per heavy atom. The largest absolute Gasteiger partial charge is 0.362 e. The van der Waals surface area contributed by atoms with Crippen molar-refractivity contribution in [2.75, 3.05) is 6.54 Å². The molecule has 78 valence electrons. The molecule has 3 heteroatoms. The van der Waals surface area contributed by atoms with E-state index in [4.69, 9.17) is 0 Å². The fraction of sp³-hybridized carbons (Fsp3) is 0.167. The molecule has 0 saturated carbocycles. The summed E-state index contributed by atoms with van der Waals surface area (Å²) in [5.74, 6) is 0. The first kappa shape index (κ1) is 11.2. The number of rotatable bonds is 4. The number of hydrogen-bond acceptors (Lipinski definition) is 3. The molecule has 3 nitrogen and oxygen atoms in total. The molecule has 0 saturated heterocycles. The summed E-state index contributed by atoms with van der Waals surface area (Å²) in [5.41, 5.74) is 2.78. The van der Waals surface area contributed by atoms with Gasteiger partial charge in [0.15, 0.2) is 0 Å². The van der Waals surface area contributed by atoms with Crippen molar-refractivity contribution in [1.82, 2.24) is 5.32 Å². The minimum Gasteiger partial charge on any atom is -0.362 e. The van der Waals surface area contributed by atoms with E-state index in [0.717, 1.165) is 23.5 Å². The van der Waals surface area contributed by atoms with Gasteiger partial charge in [0.05, 0.1) is 5.71 Å². The van der Waals surface area contributed by atoms with Crippen molar-refractivity contribution in [2.45, 2.75) is 6.92 Å². The smallest absolute Gasteiger partial charge is 0.0663 e. The molecule has 0 spiro atoms. The maximum absolute atomic E-state index is 4.37. The fourth-order valence-electron chi connectivity index (χ4n) is 1.21. The lowest BCUT2D eigenvalue weighted by atomic mass is 10.1. The fourth-order valence-corrected chi connectivity index (χ4v) is 1.21. The molecule has 0 fully saturated rings. The number of aliphatic imine (C=N–C) groups is 2. The Balaban J connectivity index is 2.94. The van der Waals surface area contributed by atoms with Gasteiger partial charge in [0.2, 0.25) is 0 Å². The van der Waals surface area contributed by atoms with Crippen molar-refractivity contribution in [1.29, 1.82) is 0 Å².